The van der Waals surface area contributed by atoms with Crippen LogP contribution < -0.4 is 5.32 Å². The smallest absolute Gasteiger partial charge is 0.199 e. The van der Waals surface area contributed by atoms with E-state index in [4.69, 9.17) is 5.11 Å². The van der Waals surface area contributed by atoms with Crippen molar-refractivity contribution in [2.75, 3.05) is 19.6 Å². The van der Waals surface area contributed by atoms with Gasteiger partial charge in [-0.15, -0.1) is 4.91 Å². The number of aliphatic hydroxyl groups is 3. The minimum atomic E-state index is -1.36. The topological polar surface area (TPSA) is 105 Å². The number of rotatable bonds is 11. The third-order valence-corrected chi connectivity index (χ3v) is 2.65. The lowest BCUT2D eigenvalue weighted by Gasteiger charge is -2.29. The summed E-state index contributed by atoms with van der Waals surface area (Å²) in [5.41, 5.74) is 0. The molecule has 0 aliphatic heterocycles. The number of hydrogen-bond donors (Lipinski definition) is 4. The third kappa shape index (κ3) is 7.67. The molecule has 0 aliphatic carbocycles. The van der Waals surface area contributed by atoms with Crippen LogP contribution in [0.3, 0.4) is 0 Å². The molecule has 0 spiro atoms. The molecule has 0 aliphatic rings. The molecular weight excluding hydrogens is 238 g/mol. The van der Waals surface area contributed by atoms with Crippen molar-refractivity contribution in [3.05, 3.63) is 4.91 Å². The number of unbranched alkanes of at least 4 members (excludes halogenated alkanes) is 1. The number of nitroso groups, excluding NO2 is 1. The van der Waals surface area contributed by atoms with E-state index >= 15 is 0 Å². The van der Waals surface area contributed by atoms with Crippen LogP contribution in [0.15, 0.2) is 5.18 Å². The molecule has 0 radical (unpaired) electrons. The van der Waals surface area contributed by atoms with Gasteiger partial charge in [-0.1, -0.05) is 20.3 Å². The van der Waals surface area contributed by atoms with Crippen LogP contribution in [0.4, 0.5) is 0 Å². The molecule has 0 aromatic carbocycles. The molecule has 7 heteroatoms. The summed E-state index contributed by atoms with van der Waals surface area (Å²) in [5.74, 6) is 0. The van der Waals surface area contributed by atoms with E-state index in [-0.39, 0.29) is 13.1 Å². The maximum atomic E-state index is 9.96. The van der Waals surface area contributed by atoms with Crippen LogP contribution in [0.2, 0.25) is 0 Å². The van der Waals surface area contributed by atoms with E-state index in [2.05, 4.69) is 17.4 Å². The summed E-state index contributed by atoms with van der Waals surface area (Å²) in [6.07, 6.45) is -0.358. The van der Waals surface area contributed by atoms with Gasteiger partial charge in [0.15, 0.2) is 6.23 Å². The predicted octanol–water partition coefficient (Wildman–Crippen LogP) is -0.190. The summed E-state index contributed by atoms with van der Waals surface area (Å²) >= 11 is 0. The molecule has 3 atom stereocenters. The van der Waals surface area contributed by atoms with Crippen molar-refractivity contribution in [2.24, 2.45) is 5.18 Å². The van der Waals surface area contributed by atoms with E-state index in [1.807, 2.05) is 6.92 Å². The molecule has 7 nitrogen and oxygen atoms in total. The Kier molecular flexibility index (Phi) is 9.99. The fraction of sp³-hybridized carbons (Fsp3) is 1.00. The molecule has 0 heterocycles. The molecule has 0 saturated heterocycles. The Bertz CT molecular complexity index is 218. The van der Waals surface area contributed by atoms with Gasteiger partial charge in [0.2, 0.25) is 0 Å². The van der Waals surface area contributed by atoms with Crippen molar-refractivity contribution in [3.8, 4) is 0 Å². The van der Waals surface area contributed by atoms with E-state index in [0.717, 1.165) is 12.8 Å². The van der Waals surface area contributed by atoms with E-state index < -0.39 is 18.7 Å². The first-order valence-corrected chi connectivity index (χ1v) is 6.39. The molecule has 0 aromatic heterocycles. The maximum Gasteiger partial charge on any atom is 0.199 e. The maximum absolute atomic E-state index is 9.96. The van der Waals surface area contributed by atoms with E-state index in [1.165, 1.54) is 0 Å². The molecule has 0 bridgehead atoms. The molecule has 0 fully saturated rings. The fourth-order valence-corrected chi connectivity index (χ4v) is 1.55. The van der Waals surface area contributed by atoms with Gasteiger partial charge in [0.25, 0.3) is 0 Å². The van der Waals surface area contributed by atoms with E-state index in [9.17, 15) is 15.1 Å². The summed E-state index contributed by atoms with van der Waals surface area (Å²) in [6.45, 7) is 4.74. The minimum absolute atomic E-state index is 0.103. The number of aliphatic hydroxyl groups excluding tert-OH is 3. The number of nitrogens with zero attached hydrogens (tertiary/aromatic N) is 2. The fourth-order valence-electron chi connectivity index (χ4n) is 1.55. The Morgan fingerprint density at radius 3 is 2.44 bits per heavy atom. The molecule has 108 valence electrons. The van der Waals surface area contributed by atoms with Crippen LogP contribution in [0.25, 0.3) is 0 Å². The molecular formula is C11H25N3O4. The van der Waals surface area contributed by atoms with Crippen molar-refractivity contribution in [3.63, 3.8) is 0 Å². The lowest BCUT2D eigenvalue weighted by atomic mass is 10.2. The van der Waals surface area contributed by atoms with Crippen LogP contribution in [0.5, 0.6) is 0 Å². The molecule has 18 heavy (non-hydrogen) atoms. The van der Waals surface area contributed by atoms with E-state index in [0.29, 0.717) is 13.0 Å². The Hall–Kier alpha value is -0.600. The van der Waals surface area contributed by atoms with Gasteiger partial charge < -0.3 is 15.3 Å². The van der Waals surface area contributed by atoms with Crippen LogP contribution >= 0.6 is 0 Å². The van der Waals surface area contributed by atoms with Crippen molar-refractivity contribution >= 4 is 0 Å². The van der Waals surface area contributed by atoms with Gasteiger partial charge in [0.1, 0.15) is 12.5 Å². The van der Waals surface area contributed by atoms with Gasteiger partial charge in [0.05, 0.1) is 0 Å². The molecule has 0 amide bonds. The van der Waals surface area contributed by atoms with Crippen LogP contribution in [-0.4, -0.2) is 58.5 Å². The summed E-state index contributed by atoms with van der Waals surface area (Å²) in [7, 11) is 0. The third-order valence-electron chi connectivity index (χ3n) is 2.65. The van der Waals surface area contributed by atoms with Crippen molar-refractivity contribution in [1.29, 1.82) is 0 Å². The first-order valence-electron chi connectivity index (χ1n) is 6.39. The summed E-state index contributed by atoms with van der Waals surface area (Å²) < 4.78 is 0. The molecule has 4 N–H and O–H groups in total. The Morgan fingerprint density at radius 1 is 1.28 bits per heavy atom. The lowest BCUT2D eigenvalue weighted by molar-refractivity contribution is -0.0334. The zero-order valence-electron chi connectivity index (χ0n) is 11.1. The normalized spacial score (nSPS) is 16.6. The van der Waals surface area contributed by atoms with Gasteiger partial charge >= 0.3 is 0 Å². The Labute approximate surface area is 108 Å². The van der Waals surface area contributed by atoms with Crippen LogP contribution in [0.1, 0.15) is 33.1 Å². The lowest BCUT2D eigenvalue weighted by Crippen LogP contribution is -2.47. The van der Waals surface area contributed by atoms with Gasteiger partial charge in [-0.2, -0.15) is 0 Å². The first-order chi connectivity index (χ1) is 8.54. The zero-order chi connectivity index (χ0) is 14.0. The zero-order valence-corrected chi connectivity index (χ0v) is 11.1. The molecule has 0 saturated carbocycles. The number of nitrogens with one attached hydrogen (secondary N) is 1. The highest BCUT2D eigenvalue weighted by Crippen LogP contribution is 2.04. The monoisotopic (exact) mass is 263 g/mol. The molecule has 0 aromatic rings. The van der Waals surface area contributed by atoms with Crippen molar-refractivity contribution in [1.82, 2.24) is 10.2 Å². The largest absolute Gasteiger partial charge is 0.378 e. The second-order valence-electron chi connectivity index (χ2n) is 4.25. The van der Waals surface area contributed by atoms with Crippen molar-refractivity contribution in [2.45, 2.75) is 51.8 Å². The van der Waals surface area contributed by atoms with Gasteiger partial charge in [-0.05, 0) is 18.0 Å². The average Bonchev–Trinajstić information content (AvgIpc) is 2.39. The Balaban J connectivity index is 4.08. The number of hydrogen-bond acceptors (Lipinski definition) is 7. The van der Waals surface area contributed by atoms with Crippen LogP contribution in [-0.2, 0) is 0 Å². The van der Waals surface area contributed by atoms with E-state index in [1.54, 1.807) is 4.90 Å². The van der Waals surface area contributed by atoms with Gasteiger partial charge in [-0.25, -0.2) is 0 Å². The SMILES string of the molecule is CCCCN(CC(O)NCC(O)N=O)C(O)CC. The van der Waals surface area contributed by atoms with Gasteiger partial charge in [0, 0.05) is 19.6 Å². The summed E-state index contributed by atoms with van der Waals surface area (Å²) in [4.78, 5) is 11.7. The second kappa shape index (κ2) is 10.3. The Morgan fingerprint density at radius 2 is 1.94 bits per heavy atom. The standard InChI is InChI=1S/C11H25N3O4/c1-3-5-6-14(11(17)4-2)8-10(16)12-7-9(15)13-18/h9-12,15-17H,3-8H2,1-2H3. The predicted molar refractivity (Wildman–Crippen MR) is 68.6 cm³/mol. The van der Waals surface area contributed by atoms with Gasteiger partial charge in [-0.3, -0.25) is 10.2 Å². The highest BCUT2D eigenvalue weighted by Gasteiger charge is 2.17. The second-order valence-corrected chi connectivity index (χ2v) is 4.25. The molecule has 3 unspecified atom stereocenters. The van der Waals surface area contributed by atoms with Crippen molar-refractivity contribution < 1.29 is 15.3 Å². The average molecular weight is 263 g/mol. The highest BCUT2D eigenvalue weighted by atomic mass is 16.3. The summed E-state index contributed by atoms with van der Waals surface area (Å²) in [5, 5.41) is 33.4. The minimum Gasteiger partial charge on any atom is -0.378 e. The summed E-state index contributed by atoms with van der Waals surface area (Å²) in [6, 6.07) is 0. The highest BCUT2D eigenvalue weighted by molar-refractivity contribution is 4.67. The van der Waals surface area contributed by atoms with Crippen LogP contribution in [0, 0.1) is 4.91 Å². The quantitative estimate of drug-likeness (QED) is 0.304. The first kappa shape index (κ1) is 17.4. The molecule has 0 rings (SSSR count).